The van der Waals surface area contributed by atoms with Gasteiger partial charge in [-0.1, -0.05) is 48.5 Å². The van der Waals surface area contributed by atoms with Crippen LogP contribution in [-0.4, -0.2) is 45.0 Å². The maximum absolute atomic E-state index is 13.5. The van der Waals surface area contributed by atoms with Crippen molar-refractivity contribution in [2.24, 2.45) is 0 Å². The minimum absolute atomic E-state index is 0.103. The van der Waals surface area contributed by atoms with Crippen LogP contribution >= 0.6 is 0 Å². The standard InChI is InChI=1S/C28H31N3O4S/c1-21-9-14-26-25(17-21)31(36(33,34)24-7-3-2-4-8-24)20-27(35-26)28(32)29-18-22-10-12-23(13-11-22)19-30-15-5-6-16-30/h2-4,7-14,17,27H,5-6,15-16,18-20H2,1H3,(H,29,32)/t27-/m0/s1. The molecule has 1 N–H and O–H groups in total. The van der Waals surface area contributed by atoms with Crippen LogP contribution in [0.2, 0.25) is 0 Å². The molecule has 0 bridgehead atoms. The third-order valence-corrected chi connectivity index (χ3v) is 8.50. The van der Waals surface area contributed by atoms with E-state index in [-0.39, 0.29) is 17.3 Å². The van der Waals surface area contributed by atoms with Crippen LogP contribution in [0, 0.1) is 6.92 Å². The highest BCUT2D eigenvalue weighted by Gasteiger charge is 2.37. The Labute approximate surface area is 212 Å². The Hall–Kier alpha value is -3.36. The van der Waals surface area contributed by atoms with E-state index < -0.39 is 16.1 Å². The SMILES string of the molecule is Cc1ccc2c(c1)N(S(=O)(=O)c1ccccc1)C[C@@H](C(=O)NCc1ccc(CN3CCCC3)cc1)O2. The molecule has 8 heteroatoms. The first-order chi connectivity index (χ1) is 17.4. The van der Waals surface area contributed by atoms with Crippen LogP contribution in [0.15, 0.2) is 77.7 Å². The molecule has 0 aliphatic carbocycles. The molecular weight excluding hydrogens is 474 g/mol. The molecule has 5 rings (SSSR count). The average molecular weight is 506 g/mol. The molecule has 2 aliphatic heterocycles. The number of amides is 1. The molecule has 0 radical (unpaired) electrons. The van der Waals surface area contributed by atoms with E-state index in [1.54, 1.807) is 42.5 Å². The summed E-state index contributed by atoms with van der Waals surface area (Å²) in [6.07, 6.45) is 1.57. The maximum atomic E-state index is 13.5. The van der Waals surface area contributed by atoms with Crippen molar-refractivity contribution in [1.82, 2.24) is 10.2 Å². The summed E-state index contributed by atoms with van der Waals surface area (Å²) in [7, 11) is -3.87. The van der Waals surface area contributed by atoms with E-state index in [4.69, 9.17) is 4.74 Å². The predicted octanol–water partition coefficient (Wildman–Crippen LogP) is 3.86. The van der Waals surface area contributed by atoms with Gasteiger partial charge >= 0.3 is 0 Å². The van der Waals surface area contributed by atoms with Crippen molar-refractivity contribution in [3.05, 3.63) is 89.5 Å². The molecule has 7 nitrogen and oxygen atoms in total. The second-order valence-electron chi connectivity index (χ2n) is 9.44. The van der Waals surface area contributed by atoms with Gasteiger partial charge in [-0.15, -0.1) is 0 Å². The van der Waals surface area contributed by atoms with Crippen molar-refractivity contribution in [1.29, 1.82) is 0 Å². The number of fused-ring (bicyclic) bond motifs is 1. The fourth-order valence-electron chi connectivity index (χ4n) is 4.71. The fourth-order valence-corrected chi connectivity index (χ4v) is 6.20. The second kappa shape index (κ2) is 10.3. The van der Waals surface area contributed by atoms with Crippen LogP contribution in [-0.2, 0) is 27.9 Å². The van der Waals surface area contributed by atoms with Gasteiger partial charge in [-0.05, 0) is 73.8 Å². The highest BCUT2D eigenvalue weighted by Crippen LogP contribution is 2.37. The van der Waals surface area contributed by atoms with Gasteiger partial charge in [0.1, 0.15) is 5.75 Å². The first kappa shape index (κ1) is 24.3. The molecule has 2 aliphatic rings. The van der Waals surface area contributed by atoms with Crippen LogP contribution in [0.25, 0.3) is 0 Å². The molecule has 1 fully saturated rings. The van der Waals surface area contributed by atoms with Gasteiger partial charge in [0, 0.05) is 13.1 Å². The van der Waals surface area contributed by atoms with Gasteiger partial charge in [0.25, 0.3) is 15.9 Å². The summed E-state index contributed by atoms with van der Waals surface area (Å²) in [5.41, 5.74) is 3.59. The lowest BCUT2D eigenvalue weighted by molar-refractivity contribution is -0.127. The molecule has 3 aromatic rings. The third-order valence-electron chi connectivity index (χ3n) is 6.70. The van der Waals surface area contributed by atoms with E-state index in [2.05, 4.69) is 22.3 Å². The van der Waals surface area contributed by atoms with Crippen LogP contribution in [0.3, 0.4) is 0 Å². The molecule has 0 aromatic heterocycles. The zero-order valence-corrected chi connectivity index (χ0v) is 21.2. The number of carbonyl (C=O) groups is 1. The summed E-state index contributed by atoms with van der Waals surface area (Å²) in [6.45, 7) is 5.39. The molecule has 1 atom stereocenters. The molecule has 36 heavy (non-hydrogen) atoms. The van der Waals surface area contributed by atoms with Crippen molar-refractivity contribution in [3.63, 3.8) is 0 Å². The van der Waals surface area contributed by atoms with Crippen molar-refractivity contribution in [2.75, 3.05) is 23.9 Å². The zero-order chi connectivity index (χ0) is 25.1. The predicted molar refractivity (Wildman–Crippen MR) is 139 cm³/mol. The summed E-state index contributed by atoms with van der Waals surface area (Å²) in [5.74, 6) is 0.0217. The van der Waals surface area contributed by atoms with Gasteiger partial charge in [-0.2, -0.15) is 0 Å². The van der Waals surface area contributed by atoms with E-state index in [0.717, 1.165) is 30.8 Å². The van der Waals surface area contributed by atoms with Crippen molar-refractivity contribution < 1.29 is 17.9 Å². The Kier molecular flexibility index (Phi) is 6.98. The van der Waals surface area contributed by atoms with Gasteiger partial charge in [-0.3, -0.25) is 14.0 Å². The number of anilines is 1. The Balaban J connectivity index is 1.29. The molecule has 3 aromatic carbocycles. The zero-order valence-electron chi connectivity index (χ0n) is 20.4. The van der Waals surface area contributed by atoms with Gasteiger partial charge in [0.05, 0.1) is 17.1 Å². The Bertz CT molecular complexity index is 1320. The lowest BCUT2D eigenvalue weighted by atomic mass is 10.1. The first-order valence-corrected chi connectivity index (χ1v) is 13.8. The van der Waals surface area contributed by atoms with Crippen LogP contribution < -0.4 is 14.4 Å². The monoisotopic (exact) mass is 505 g/mol. The van der Waals surface area contributed by atoms with Gasteiger partial charge < -0.3 is 10.1 Å². The van der Waals surface area contributed by atoms with Crippen molar-refractivity contribution >= 4 is 21.6 Å². The number of likely N-dealkylation sites (tertiary alicyclic amines) is 1. The van der Waals surface area contributed by atoms with Gasteiger partial charge in [-0.25, -0.2) is 8.42 Å². The van der Waals surface area contributed by atoms with E-state index in [9.17, 15) is 13.2 Å². The maximum Gasteiger partial charge on any atom is 0.264 e. The Morgan fingerprint density at radius 3 is 2.39 bits per heavy atom. The fraction of sp³-hybridized carbons (Fsp3) is 0.321. The van der Waals surface area contributed by atoms with Crippen molar-refractivity contribution in [3.8, 4) is 5.75 Å². The smallest absolute Gasteiger partial charge is 0.264 e. The number of benzene rings is 3. The molecular formula is C28H31N3O4S. The summed E-state index contributed by atoms with van der Waals surface area (Å²) < 4.78 is 34.3. The average Bonchev–Trinajstić information content (AvgIpc) is 3.41. The van der Waals surface area contributed by atoms with Crippen LogP contribution in [0.4, 0.5) is 5.69 Å². The molecule has 1 amide bonds. The lowest BCUT2D eigenvalue weighted by Gasteiger charge is -2.35. The Morgan fingerprint density at radius 1 is 0.972 bits per heavy atom. The third kappa shape index (κ3) is 5.24. The lowest BCUT2D eigenvalue weighted by Crippen LogP contribution is -2.50. The number of aryl methyl sites for hydroxylation is 1. The molecule has 0 saturated carbocycles. The van der Waals surface area contributed by atoms with E-state index >= 15 is 0 Å². The molecule has 0 unspecified atom stereocenters. The summed E-state index contributed by atoms with van der Waals surface area (Å²) in [6, 6.07) is 21.8. The topological polar surface area (TPSA) is 79.0 Å². The number of hydrogen-bond acceptors (Lipinski definition) is 5. The Morgan fingerprint density at radius 2 is 1.67 bits per heavy atom. The quantitative estimate of drug-likeness (QED) is 0.528. The largest absolute Gasteiger partial charge is 0.476 e. The number of sulfonamides is 1. The van der Waals surface area contributed by atoms with E-state index in [0.29, 0.717) is 18.0 Å². The summed E-state index contributed by atoms with van der Waals surface area (Å²) in [5, 5.41) is 2.92. The number of hydrogen-bond donors (Lipinski definition) is 1. The minimum atomic E-state index is -3.87. The number of ether oxygens (including phenoxy) is 1. The molecule has 188 valence electrons. The summed E-state index contributed by atoms with van der Waals surface area (Å²) in [4.78, 5) is 15.7. The number of nitrogens with zero attached hydrogens (tertiary/aromatic N) is 2. The van der Waals surface area contributed by atoms with Crippen LogP contribution in [0.1, 0.15) is 29.5 Å². The number of rotatable bonds is 7. The molecule has 0 spiro atoms. The van der Waals surface area contributed by atoms with Crippen LogP contribution in [0.5, 0.6) is 5.75 Å². The number of nitrogens with one attached hydrogen (secondary N) is 1. The normalized spacial score (nSPS) is 17.9. The number of carbonyl (C=O) groups excluding carboxylic acids is 1. The minimum Gasteiger partial charge on any atom is -0.476 e. The van der Waals surface area contributed by atoms with Gasteiger partial charge in [0.2, 0.25) is 0 Å². The molecule has 1 saturated heterocycles. The first-order valence-electron chi connectivity index (χ1n) is 12.3. The van der Waals surface area contributed by atoms with E-state index in [1.165, 1.54) is 22.7 Å². The highest BCUT2D eigenvalue weighted by molar-refractivity contribution is 7.92. The van der Waals surface area contributed by atoms with E-state index in [1.807, 2.05) is 25.1 Å². The van der Waals surface area contributed by atoms with Gasteiger partial charge in [0.15, 0.2) is 6.10 Å². The highest BCUT2D eigenvalue weighted by atomic mass is 32.2. The second-order valence-corrected chi connectivity index (χ2v) is 11.3. The summed E-state index contributed by atoms with van der Waals surface area (Å²) >= 11 is 0. The van der Waals surface area contributed by atoms with Crippen molar-refractivity contribution in [2.45, 2.75) is 43.9 Å². The molecule has 2 heterocycles.